The van der Waals surface area contributed by atoms with E-state index in [2.05, 4.69) is 20.5 Å². The number of aliphatic hydroxyl groups excluding tert-OH is 1. The highest BCUT2D eigenvalue weighted by Gasteiger charge is 2.18. The molecular formula is C9H13N5O. The van der Waals surface area contributed by atoms with Crippen LogP contribution in [0.1, 0.15) is 31.9 Å². The predicted molar refractivity (Wildman–Crippen MR) is 53.3 cm³/mol. The van der Waals surface area contributed by atoms with Gasteiger partial charge in [0.05, 0.1) is 18.0 Å². The minimum Gasteiger partial charge on any atom is -0.392 e. The first-order chi connectivity index (χ1) is 7.24. The van der Waals surface area contributed by atoms with Gasteiger partial charge in [-0.3, -0.25) is 4.98 Å². The maximum Gasteiger partial charge on any atom is 0.197 e. The van der Waals surface area contributed by atoms with Crippen molar-refractivity contribution < 1.29 is 5.11 Å². The monoisotopic (exact) mass is 207 g/mol. The van der Waals surface area contributed by atoms with Gasteiger partial charge in [0.1, 0.15) is 0 Å². The maximum atomic E-state index is 9.77. The third kappa shape index (κ3) is 1.68. The molecule has 0 aliphatic carbocycles. The van der Waals surface area contributed by atoms with Gasteiger partial charge in [-0.2, -0.15) is 4.52 Å². The van der Waals surface area contributed by atoms with Crippen molar-refractivity contribution in [2.24, 2.45) is 0 Å². The van der Waals surface area contributed by atoms with Gasteiger partial charge in [-0.1, -0.05) is 13.8 Å². The molecular weight excluding hydrogens is 194 g/mol. The zero-order valence-electron chi connectivity index (χ0n) is 8.70. The number of aromatic nitrogens is 5. The summed E-state index contributed by atoms with van der Waals surface area (Å²) in [6.45, 7) is 3.88. The topological polar surface area (TPSA) is 76.2 Å². The maximum absolute atomic E-state index is 9.77. The Bertz CT molecular complexity index is 454. The van der Waals surface area contributed by atoms with Crippen LogP contribution in [-0.2, 0) is 0 Å². The Labute approximate surface area is 87.0 Å². The van der Waals surface area contributed by atoms with E-state index < -0.39 is 6.10 Å². The molecule has 0 saturated carbocycles. The first-order valence-corrected chi connectivity index (χ1v) is 4.94. The van der Waals surface area contributed by atoms with Crippen LogP contribution in [-0.4, -0.2) is 36.2 Å². The average molecular weight is 207 g/mol. The lowest BCUT2D eigenvalue weighted by Gasteiger charge is -2.17. The van der Waals surface area contributed by atoms with Gasteiger partial charge in [0.25, 0.3) is 0 Å². The highest BCUT2D eigenvalue weighted by Crippen LogP contribution is 2.19. The minimum absolute atomic E-state index is 0.0327. The van der Waals surface area contributed by atoms with Gasteiger partial charge in [-0.05, 0) is 16.8 Å². The summed E-state index contributed by atoms with van der Waals surface area (Å²) in [5.74, 6) is -0.0327. The molecule has 0 fully saturated rings. The summed E-state index contributed by atoms with van der Waals surface area (Å²) in [6.07, 6.45) is 3.57. The van der Waals surface area contributed by atoms with E-state index in [1.54, 1.807) is 16.9 Å². The summed E-state index contributed by atoms with van der Waals surface area (Å²) in [4.78, 5) is 4.05. The smallest absolute Gasteiger partial charge is 0.197 e. The van der Waals surface area contributed by atoms with E-state index in [1.165, 1.54) is 0 Å². The Hall–Kier alpha value is -1.56. The van der Waals surface area contributed by atoms with Crippen molar-refractivity contribution in [3.8, 4) is 0 Å². The van der Waals surface area contributed by atoms with Gasteiger partial charge in [0.15, 0.2) is 5.65 Å². The zero-order valence-corrected chi connectivity index (χ0v) is 8.70. The molecule has 6 heteroatoms. The molecule has 0 radical (unpaired) electrons. The van der Waals surface area contributed by atoms with E-state index in [9.17, 15) is 5.11 Å². The SMILES string of the molecule is CCC(O)C(C)c1cncc2nnnn12. The largest absolute Gasteiger partial charge is 0.392 e. The molecule has 2 atom stereocenters. The summed E-state index contributed by atoms with van der Waals surface area (Å²) in [6, 6.07) is 0. The van der Waals surface area contributed by atoms with Crippen LogP contribution >= 0.6 is 0 Å². The highest BCUT2D eigenvalue weighted by molar-refractivity contribution is 5.33. The fraction of sp³-hybridized carbons (Fsp3) is 0.556. The summed E-state index contributed by atoms with van der Waals surface area (Å²) < 4.78 is 1.61. The molecule has 2 aromatic heterocycles. The molecule has 0 spiro atoms. The van der Waals surface area contributed by atoms with E-state index >= 15 is 0 Å². The molecule has 80 valence electrons. The third-order valence-electron chi connectivity index (χ3n) is 2.60. The van der Waals surface area contributed by atoms with Crippen LogP contribution in [0.15, 0.2) is 12.4 Å². The van der Waals surface area contributed by atoms with E-state index in [4.69, 9.17) is 0 Å². The Morgan fingerprint density at radius 2 is 2.27 bits per heavy atom. The Morgan fingerprint density at radius 1 is 1.47 bits per heavy atom. The third-order valence-corrected chi connectivity index (χ3v) is 2.60. The number of rotatable bonds is 3. The molecule has 6 nitrogen and oxygen atoms in total. The highest BCUT2D eigenvalue weighted by atomic mass is 16.3. The molecule has 1 N–H and O–H groups in total. The second-order valence-corrected chi connectivity index (χ2v) is 3.55. The molecule has 0 aliphatic rings. The number of fused-ring (bicyclic) bond motifs is 1. The van der Waals surface area contributed by atoms with Crippen molar-refractivity contribution in [1.29, 1.82) is 0 Å². The van der Waals surface area contributed by atoms with Crippen LogP contribution in [0.5, 0.6) is 0 Å². The molecule has 0 amide bonds. The molecule has 0 saturated heterocycles. The van der Waals surface area contributed by atoms with Crippen molar-refractivity contribution in [1.82, 2.24) is 25.0 Å². The van der Waals surface area contributed by atoms with Crippen molar-refractivity contribution >= 4 is 5.65 Å². The standard InChI is InChI=1S/C9H13N5O/c1-3-8(15)6(2)7-4-10-5-9-11-12-13-14(7)9/h4-6,8,15H,3H2,1-2H3. The van der Waals surface area contributed by atoms with Crippen molar-refractivity contribution in [2.45, 2.75) is 32.3 Å². The molecule has 0 aromatic carbocycles. The van der Waals surface area contributed by atoms with Gasteiger partial charge < -0.3 is 5.11 Å². The molecule has 0 bridgehead atoms. The van der Waals surface area contributed by atoms with Gasteiger partial charge >= 0.3 is 0 Å². The van der Waals surface area contributed by atoms with E-state index in [0.29, 0.717) is 12.1 Å². The summed E-state index contributed by atoms with van der Waals surface area (Å²) >= 11 is 0. The first kappa shape index (κ1) is 9.97. The second kappa shape index (κ2) is 3.90. The van der Waals surface area contributed by atoms with Crippen LogP contribution in [0.3, 0.4) is 0 Å². The summed E-state index contributed by atoms with van der Waals surface area (Å²) in [5, 5.41) is 21.0. The lowest BCUT2D eigenvalue weighted by atomic mass is 9.99. The van der Waals surface area contributed by atoms with Crippen LogP contribution in [0, 0.1) is 0 Å². The lowest BCUT2D eigenvalue weighted by Crippen LogP contribution is -2.18. The Morgan fingerprint density at radius 3 is 3.00 bits per heavy atom. The van der Waals surface area contributed by atoms with Gasteiger partial charge in [-0.25, -0.2) is 0 Å². The molecule has 2 unspecified atom stereocenters. The fourth-order valence-corrected chi connectivity index (χ4v) is 1.55. The number of hydrogen-bond donors (Lipinski definition) is 1. The number of tetrazole rings is 1. The Kier molecular flexibility index (Phi) is 2.59. The van der Waals surface area contributed by atoms with E-state index in [-0.39, 0.29) is 5.92 Å². The number of hydrogen-bond acceptors (Lipinski definition) is 5. The number of aliphatic hydroxyl groups is 1. The van der Waals surface area contributed by atoms with Crippen LogP contribution in [0.25, 0.3) is 5.65 Å². The average Bonchev–Trinajstić information content (AvgIpc) is 2.74. The normalized spacial score (nSPS) is 15.4. The van der Waals surface area contributed by atoms with Crippen molar-refractivity contribution in [3.63, 3.8) is 0 Å². The molecule has 0 aliphatic heterocycles. The zero-order chi connectivity index (χ0) is 10.8. The fourth-order valence-electron chi connectivity index (χ4n) is 1.55. The second-order valence-electron chi connectivity index (χ2n) is 3.55. The van der Waals surface area contributed by atoms with E-state index in [0.717, 1.165) is 5.69 Å². The lowest BCUT2D eigenvalue weighted by molar-refractivity contribution is 0.142. The van der Waals surface area contributed by atoms with E-state index in [1.807, 2.05) is 13.8 Å². The summed E-state index contributed by atoms with van der Waals surface area (Å²) in [5.41, 5.74) is 1.43. The predicted octanol–water partition coefficient (Wildman–Crippen LogP) is 0.394. The Balaban J connectivity index is 2.46. The van der Waals surface area contributed by atoms with Crippen LogP contribution in [0.4, 0.5) is 0 Å². The molecule has 2 heterocycles. The van der Waals surface area contributed by atoms with Crippen molar-refractivity contribution in [2.75, 3.05) is 0 Å². The quantitative estimate of drug-likeness (QED) is 0.788. The number of nitrogens with zero attached hydrogens (tertiary/aromatic N) is 5. The summed E-state index contributed by atoms with van der Waals surface area (Å²) in [7, 11) is 0. The first-order valence-electron chi connectivity index (χ1n) is 4.94. The van der Waals surface area contributed by atoms with Crippen LogP contribution in [0.2, 0.25) is 0 Å². The van der Waals surface area contributed by atoms with Crippen LogP contribution < -0.4 is 0 Å². The van der Waals surface area contributed by atoms with Gasteiger partial charge in [0.2, 0.25) is 0 Å². The van der Waals surface area contributed by atoms with Gasteiger partial charge in [-0.15, -0.1) is 5.10 Å². The minimum atomic E-state index is -0.401. The van der Waals surface area contributed by atoms with Crippen molar-refractivity contribution in [3.05, 3.63) is 18.1 Å². The molecule has 15 heavy (non-hydrogen) atoms. The van der Waals surface area contributed by atoms with Gasteiger partial charge in [0, 0.05) is 12.1 Å². The molecule has 2 aromatic rings. The molecule has 2 rings (SSSR count).